The largest absolute Gasteiger partial charge is 0.457 e. The molecule has 1 atom stereocenters. The number of cyclic esters (lactones) is 1. The molecule has 3 N–H and O–H groups in total. The summed E-state index contributed by atoms with van der Waals surface area (Å²) < 4.78 is 20.8. The molecule has 0 saturated heterocycles. The number of carbonyl (C=O) groups excluding carboxylic acids is 1. The molecule has 0 fully saturated rings. The first-order valence-corrected chi connectivity index (χ1v) is 9.73. The number of pyridine rings is 2. The Morgan fingerprint density at radius 3 is 2.81 bits per heavy atom. The van der Waals surface area contributed by atoms with E-state index in [4.69, 9.17) is 10.5 Å². The van der Waals surface area contributed by atoms with E-state index in [1.807, 2.05) is 0 Å². The zero-order valence-electron chi connectivity index (χ0n) is 16.9. The number of hydrogen-bond acceptors (Lipinski definition) is 6. The standard InChI is InChI=1S/C23H18FN3O4/c1-3-4-23(30)16-6-19-20-14(9-27(19)21(28)15(16)10-31-22(23)29)13(8-25)12-5-11(2)17(24)7-18(12)26-20/h5-7,30H,8-10,25H2,1-2H3/t23-/m0/s1. The van der Waals surface area contributed by atoms with E-state index in [0.29, 0.717) is 22.5 Å². The summed E-state index contributed by atoms with van der Waals surface area (Å²) in [6.07, 6.45) is 0. The van der Waals surface area contributed by atoms with Crippen LogP contribution < -0.4 is 11.3 Å². The molecule has 0 spiro atoms. The highest BCUT2D eigenvalue weighted by Gasteiger charge is 2.46. The highest BCUT2D eigenvalue weighted by Crippen LogP contribution is 2.39. The van der Waals surface area contributed by atoms with Crippen molar-refractivity contribution in [3.8, 4) is 23.2 Å². The number of halogens is 1. The Kier molecular flexibility index (Phi) is 4.06. The second-order valence-corrected chi connectivity index (χ2v) is 7.71. The second kappa shape index (κ2) is 6.48. The van der Waals surface area contributed by atoms with Gasteiger partial charge in [0.1, 0.15) is 12.4 Å². The first kappa shape index (κ1) is 19.4. The third kappa shape index (κ3) is 2.51. The monoisotopic (exact) mass is 419 g/mol. The van der Waals surface area contributed by atoms with Crippen molar-refractivity contribution in [3.63, 3.8) is 0 Å². The van der Waals surface area contributed by atoms with Crippen molar-refractivity contribution in [1.82, 2.24) is 9.55 Å². The van der Waals surface area contributed by atoms with Gasteiger partial charge in [0, 0.05) is 29.1 Å². The Hall–Kier alpha value is -3.54. The van der Waals surface area contributed by atoms with Gasteiger partial charge in [-0.3, -0.25) is 4.79 Å². The molecule has 2 aliphatic heterocycles. The van der Waals surface area contributed by atoms with Gasteiger partial charge in [-0.1, -0.05) is 5.92 Å². The van der Waals surface area contributed by atoms with E-state index in [2.05, 4.69) is 16.8 Å². The number of hydrogen-bond donors (Lipinski definition) is 2. The molecular formula is C23H18FN3O4. The summed E-state index contributed by atoms with van der Waals surface area (Å²) in [5.74, 6) is 3.68. The molecule has 2 aromatic heterocycles. The van der Waals surface area contributed by atoms with Crippen LogP contribution in [-0.2, 0) is 34.8 Å². The molecule has 0 unspecified atom stereocenters. The number of aliphatic hydroxyl groups is 1. The molecule has 7 nitrogen and oxygen atoms in total. The summed E-state index contributed by atoms with van der Waals surface area (Å²) in [5, 5.41) is 11.7. The van der Waals surface area contributed by atoms with E-state index in [-0.39, 0.29) is 36.6 Å². The van der Waals surface area contributed by atoms with Gasteiger partial charge in [0.2, 0.25) is 0 Å². The average molecular weight is 419 g/mol. The fraction of sp³-hybridized carbons (Fsp3) is 0.261. The predicted molar refractivity (Wildman–Crippen MR) is 110 cm³/mol. The van der Waals surface area contributed by atoms with Crippen molar-refractivity contribution < 1.29 is 19.0 Å². The number of carbonyl (C=O) groups is 1. The van der Waals surface area contributed by atoms with Gasteiger partial charge in [-0.2, -0.15) is 0 Å². The summed E-state index contributed by atoms with van der Waals surface area (Å²) in [7, 11) is 0. The lowest BCUT2D eigenvalue weighted by molar-refractivity contribution is -0.164. The minimum atomic E-state index is -2.24. The van der Waals surface area contributed by atoms with Crippen molar-refractivity contribution in [2.75, 3.05) is 0 Å². The fourth-order valence-corrected chi connectivity index (χ4v) is 4.43. The highest BCUT2D eigenvalue weighted by molar-refractivity contribution is 5.90. The van der Waals surface area contributed by atoms with Gasteiger partial charge in [0.25, 0.3) is 11.2 Å². The van der Waals surface area contributed by atoms with E-state index in [9.17, 15) is 19.1 Å². The number of nitrogens with zero attached hydrogens (tertiary/aromatic N) is 2. The van der Waals surface area contributed by atoms with Crippen LogP contribution in [-0.4, -0.2) is 20.6 Å². The van der Waals surface area contributed by atoms with Gasteiger partial charge >= 0.3 is 5.97 Å². The van der Waals surface area contributed by atoms with Crippen LogP contribution >= 0.6 is 0 Å². The number of esters is 1. The minimum absolute atomic E-state index is 0.0912. The molecule has 5 rings (SSSR count). The van der Waals surface area contributed by atoms with Crippen LogP contribution in [0.4, 0.5) is 4.39 Å². The number of ether oxygens (including phenoxy) is 1. The SMILES string of the molecule is CC#C[C@@]1(O)C(=O)OCc2c1cc1n(c2=O)Cc2c-1nc1cc(F)c(C)cc1c2CN. The lowest BCUT2D eigenvalue weighted by Gasteiger charge is -2.28. The molecule has 0 saturated carbocycles. The van der Waals surface area contributed by atoms with E-state index in [0.717, 1.165) is 16.5 Å². The zero-order chi connectivity index (χ0) is 22.1. The third-order valence-corrected chi connectivity index (χ3v) is 5.99. The van der Waals surface area contributed by atoms with Gasteiger partial charge in [-0.15, -0.1) is 5.92 Å². The van der Waals surface area contributed by atoms with Crippen molar-refractivity contribution in [2.24, 2.45) is 5.73 Å². The quantitative estimate of drug-likeness (QED) is 0.359. The molecule has 0 bridgehead atoms. The molecule has 31 heavy (non-hydrogen) atoms. The number of aryl methyl sites for hydroxylation is 1. The minimum Gasteiger partial charge on any atom is -0.457 e. The Morgan fingerprint density at radius 1 is 1.32 bits per heavy atom. The molecule has 4 heterocycles. The van der Waals surface area contributed by atoms with Crippen LogP contribution in [0.15, 0.2) is 23.0 Å². The normalized spacial score (nSPS) is 18.7. The van der Waals surface area contributed by atoms with Gasteiger partial charge in [-0.05, 0) is 37.1 Å². The summed E-state index contributed by atoms with van der Waals surface area (Å²) in [6, 6.07) is 4.61. The van der Waals surface area contributed by atoms with Crippen LogP contribution in [0.5, 0.6) is 0 Å². The number of rotatable bonds is 1. The summed E-state index contributed by atoms with van der Waals surface area (Å²) in [6.45, 7) is 3.31. The van der Waals surface area contributed by atoms with Crippen molar-refractivity contribution in [2.45, 2.75) is 39.1 Å². The van der Waals surface area contributed by atoms with Gasteiger partial charge in [0.15, 0.2) is 0 Å². The van der Waals surface area contributed by atoms with E-state index < -0.39 is 17.1 Å². The molecule has 3 aromatic rings. The van der Waals surface area contributed by atoms with Gasteiger partial charge in [0.05, 0.1) is 29.0 Å². The first-order chi connectivity index (χ1) is 14.8. The molecular weight excluding hydrogens is 401 g/mol. The summed E-state index contributed by atoms with van der Waals surface area (Å²) in [4.78, 5) is 30.2. The van der Waals surface area contributed by atoms with E-state index in [1.165, 1.54) is 17.6 Å². The number of fused-ring (bicyclic) bond motifs is 5. The Morgan fingerprint density at radius 2 is 2.10 bits per heavy atom. The second-order valence-electron chi connectivity index (χ2n) is 7.71. The molecule has 0 radical (unpaired) electrons. The fourth-order valence-electron chi connectivity index (χ4n) is 4.43. The lowest BCUT2D eigenvalue weighted by atomic mass is 9.88. The maximum Gasteiger partial charge on any atom is 0.356 e. The smallest absolute Gasteiger partial charge is 0.356 e. The summed E-state index contributed by atoms with van der Waals surface area (Å²) in [5.41, 5.74) is 6.99. The average Bonchev–Trinajstić information content (AvgIpc) is 3.10. The number of aromatic nitrogens is 2. The van der Waals surface area contributed by atoms with Crippen LogP contribution in [0.25, 0.3) is 22.3 Å². The summed E-state index contributed by atoms with van der Waals surface area (Å²) >= 11 is 0. The molecule has 0 amide bonds. The lowest BCUT2D eigenvalue weighted by Crippen LogP contribution is -2.43. The molecule has 156 valence electrons. The Bertz CT molecular complexity index is 1450. The van der Waals surface area contributed by atoms with Crippen molar-refractivity contribution in [3.05, 3.63) is 62.2 Å². The highest BCUT2D eigenvalue weighted by atomic mass is 19.1. The van der Waals surface area contributed by atoms with E-state index in [1.54, 1.807) is 19.1 Å². The molecule has 1 aromatic carbocycles. The number of benzene rings is 1. The predicted octanol–water partition coefficient (Wildman–Crippen LogP) is 1.60. The van der Waals surface area contributed by atoms with Crippen LogP contribution in [0.3, 0.4) is 0 Å². The zero-order valence-corrected chi connectivity index (χ0v) is 16.9. The maximum atomic E-state index is 14.2. The Balaban J connectivity index is 1.85. The maximum absolute atomic E-state index is 14.2. The van der Waals surface area contributed by atoms with Crippen molar-refractivity contribution >= 4 is 16.9 Å². The van der Waals surface area contributed by atoms with Crippen LogP contribution in [0.2, 0.25) is 0 Å². The Labute approximate surface area is 176 Å². The van der Waals surface area contributed by atoms with Gasteiger partial charge in [-0.25, -0.2) is 14.2 Å². The number of nitrogens with two attached hydrogens (primary N) is 1. The van der Waals surface area contributed by atoms with Crippen molar-refractivity contribution in [1.29, 1.82) is 0 Å². The molecule has 0 aliphatic carbocycles. The van der Waals surface area contributed by atoms with Crippen LogP contribution in [0, 0.1) is 24.6 Å². The van der Waals surface area contributed by atoms with Gasteiger partial charge < -0.3 is 20.1 Å². The molecule has 2 aliphatic rings. The van der Waals surface area contributed by atoms with E-state index >= 15 is 0 Å². The molecule has 8 heteroatoms. The first-order valence-electron chi connectivity index (χ1n) is 9.73. The van der Waals surface area contributed by atoms with Crippen LogP contribution in [0.1, 0.15) is 34.7 Å². The topological polar surface area (TPSA) is 107 Å². The third-order valence-electron chi connectivity index (χ3n) is 5.99.